The van der Waals surface area contributed by atoms with E-state index in [-0.39, 0.29) is 5.91 Å². The van der Waals surface area contributed by atoms with E-state index in [0.29, 0.717) is 27.2 Å². The summed E-state index contributed by atoms with van der Waals surface area (Å²) in [7, 11) is 0. The molecule has 1 aromatic carbocycles. The van der Waals surface area contributed by atoms with Gasteiger partial charge in [-0.15, -0.1) is 0 Å². The van der Waals surface area contributed by atoms with Crippen LogP contribution in [0.3, 0.4) is 0 Å². The number of carbonyl (C=O) groups is 1. The molecular formula is C18H16N2OSSe. The van der Waals surface area contributed by atoms with E-state index in [1.54, 1.807) is 29.7 Å². The topological polar surface area (TPSA) is 42.0 Å². The van der Waals surface area contributed by atoms with Crippen molar-refractivity contribution in [3.05, 3.63) is 76.7 Å². The Morgan fingerprint density at radius 3 is 2.70 bits per heavy atom. The van der Waals surface area contributed by atoms with Gasteiger partial charge in [0.2, 0.25) is 0 Å². The van der Waals surface area contributed by atoms with Crippen molar-refractivity contribution in [1.82, 2.24) is 10.3 Å². The van der Waals surface area contributed by atoms with Gasteiger partial charge in [0.05, 0.1) is 0 Å². The minimum absolute atomic E-state index is 0.114. The molecule has 1 amide bonds. The molecule has 0 radical (unpaired) electrons. The first-order chi connectivity index (χ1) is 11.3. The molecule has 0 saturated heterocycles. The van der Waals surface area contributed by atoms with Crippen LogP contribution >= 0.6 is 11.3 Å². The van der Waals surface area contributed by atoms with E-state index >= 15 is 0 Å². The average Bonchev–Trinajstić information content (AvgIpc) is 3.03. The molecule has 0 saturated carbocycles. The summed E-state index contributed by atoms with van der Waals surface area (Å²) in [6.07, 6.45) is 2.49. The van der Waals surface area contributed by atoms with Crippen LogP contribution in [-0.2, 0) is 6.42 Å². The third-order valence-electron chi connectivity index (χ3n) is 3.21. The van der Waals surface area contributed by atoms with Gasteiger partial charge in [-0.2, -0.15) is 0 Å². The Labute approximate surface area is 145 Å². The van der Waals surface area contributed by atoms with Crippen LogP contribution in [0.5, 0.6) is 0 Å². The van der Waals surface area contributed by atoms with Crippen molar-refractivity contribution in [2.24, 2.45) is 0 Å². The second-order valence-electron chi connectivity index (χ2n) is 4.84. The van der Waals surface area contributed by atoms with Crippen LogP contribution in [0.4, 0.5) is 0 Å². The molecule has 0 atom stereocenters. The Kier molecular flexibility index (Phi) is 5.59. The first-order valence-corrected chi connectivity index (χ1v) is 9.91. The van der Waals surface area contributed by atoms with Crippen molar-refractivity contribution in [2.45, 2.75) is 6.42 Å². The molecular weight excluding hydrogens is 371 g/mol. The summed E-state index contributed by atoms with van der Waals surface area (Å²) in [4.78, 5) is 17.4. The predicted octanol–water partition coefficient (Wildman–Crippen LogP) is 1.77. The molecule has 3 aromatic rings. The third-order valence-corrected chi connectivity index (χ3v) is 6.81. The maximum atomic E-state index is 12.0. The number of hydrogen-bond donors (Lipinski definition) is 1. The summed E-state index contributed by atoms with van der Waals surface area (Å²) < 4.78 is 2.78. The van der Waals surface area contributed by atoms with Crippen LogP contribution in [0.25, 0.3) is 0 Å². The second-order valence-corrected chi connectivity index (χ2v) is 8.18. The van der Waals surface area contributed by atoms with Crippen molar-refractivity contribution in [2.75, 3.05) is 6.54 Å². The Morgan fingerprint density at radius 1 is 1.09 bits per heavy atom. The van der Waals surface area contributed by atoms with E-state index in [9.17, 15) is 4.79 Å². The standard InChI is InChI=1S/C18H16N2OSSe/c21-18(15-8-4-5-11-19-15)20-12-9-16-17(10-13-22-16)23-14-6-2-1-3-7-14/h1-8,10-11,13H,9,12H2,(H,20,21). The number of rotatable bonds is 6. The first kappa shape index (κ1) is 15.9. The summed E-state index contributed by atoms with van der Waals surface area (Å²) in [6.45, 7) is 0.633. The number of nitrogens with one attached hydrogen (secondary N) is 1. The van der Waals surface area contributed by atoms with Gasteiger partial charge < -0.3 is 0 Å². The number of aromatic nitrogens is 1. The van der Waals surface area contributed by atoms with Crippen LogP contribution < -0.4 is 14.2 Å². The zero-order valence-electron chi connectivity index (χ0n) is 12.4. The summed E-state index contributed by atoms with van der Waals surface area (Å²) in [6, 6.07) is 18.1. The Morgan fingerprint density at radius 2 is 1.91 bits per heavy atom. The van der Waals surface area contributed by atoms with Gasteiger partial charge >= 0.3 is 146 Å². The van der Waals surface area contributed by atoms with Gasteiger partial charge in [-0.05, 0) is 0 Å². The minimum atomic E-state index is -0.114. The van der Waals surface area contributed by atoms with E-state index in [1.165, 1.54) is 13.8 Å². The summed E-state index contributed by atoms with van der Waals surface area (Å²) in [5, 5.41) is 5.08. The zero-order chi connectivity index (χ0) is 15.9. The molecule has 0 bridgehead atoms. The molecule has 1 N–H and O–H groups in total. The van der Waals surface area contributed by atoms with Crippen molar-refractivity contribution in [3.8, 4) is 0 Å². The van der Waals surface area contributed by atoms with Gasteiger partial charge in [0.1, 0.15) is 0 Å². The molecule has 23 heavy (non-hydrogen) atoms. The molecule has 0 aliphatic heterocycles. The monoisotopic (exact) mass is 388 g/mol. The molecule has 0 aliphatic carbocycles. The predicted molar refractivity (Wildman–Crippen MR) is 96.1 cm³/mol. The number of benzene rings is 1. The summed E-state index contributed by atoms with van der Waals surface area (Å²) >= 11 is 2.09. The van der Waals surface area contributed by atoms with E-state index < -0.39 is 0 Å². The Bertz CT molecular complexity index is 759. The zero-order valence-corrected chi connectivity index (χ0v) is 15.0. The first-order valence-electron chi connectivity index (χ1n) is 7.31. The summed E-state index contributed by atoms with van der Waals surface area (Å²) in [5.41, 5.74) is 0.465. The number of amides is 1. The fraction of sp³-hybridized carbons (Fsp3) is 0.111. The molecule has 2 heterocycles. The van der Waals surface area contributed by atoms with Crippen molar-refractivity contribution in [3.63, 3.8) is 0 Å². The molecule has 3 rings (SSSR count). The van der Waals surface area contributed by atoms with Gasteiger partial charge in [-0.25, -0.2) is 0 Å². The second kappa shape index (κ2) is 8.06. The molecule has 3 nitrogen and oxygen atoms in total. The van der Waals surface area contributed by atoms with Crippen molar-refractivity contribution >= 4 is 41.1 Å². The fourth-order valence-electron chi connectivity index (χ4n) is 2.09. The molecule has 116 valence electrons. The SMILES string of the molecule is O=C(NCCc1sccc1[Se]c1ccccc1)c1ccccn1. The van der Waals surface area contributed by atoms with Gasteiger partial charge in [0.15, 0.2) is 0 Å². The van der Waals surface area contributed by atoms with E-state index in [2.05, 4.69) is 46.0 Å². The quantitative estimate of drug-likeness (QED) is 0.655. The maximum absolute atomic E-state index is 12.0. The van der Waals surface area contributed by atoms with Crippen molar-refractivity contribution in [1.29, 1.82) is 0 Å². The van der Waals surface area contributed by atoms with Gasteiger partial charge in [-0.3, -0.25) is 0 Å². The number of thiophene rings is 1. The van der Waals surface area contributed by atoms with E-state index in [4.69, 9.17) is 0 Å². The average molecular weight is 387 g/mol. The summed E-state index contributed by atoms with van der Waals surface area (Å²) in [5.74, 6) is -0.114. The molecule has 0 fully saturated rings. The molecule has 2 aromatic heterocycles. The van der Waals surface area contributed by atoms with Gasteiger partial charge in [-0.1, -0.05) is 0 Å². The number of hydrogen-bond acceptors (Lipinski definition) is 3. The van der Waals surface area contributed by atoms with E-state index in [0.717, 1.165) is 6.42 Å². The van der Waals surface area contributed by atoms with Gasteiger partial charge in [0, 0.05) is 0 Å². The van der Waals surface area contributed by atoms with Crippen LogP contribution in [0.1, 0.15) is 15.4 Å². The normalized spacial score (nSPS) is 10.4. The van der Waals surface area contributed by atoms with E-state index in [1.807, 2.05) is 12.1 Å². The number of pyridine rings is 1. The number of nitrogens with zero attached hydrogens (tertiary/aromatic N) is 1. The Hall–Kier alpha value is -1.94. The molecule has 5 heteroatoms. The van der Waals surface area contributed by atoms with Crippen LogP contribution in [-0.4, -0.2) is 32.4 Å². The van der Waals surface area contributed by atoms with Crippen LogP contribution in [0.2, 0.25) is 0 Å². The fourth-order valence-corrected chi connectivity index (χ4v) is 5.47. The molecule has 0 unspecified atom stereocenters. The molecule has 0 spiro atoms. The van der Waals surface area contributed by atoms with Crippen molar-refractivity contribution < 1.29 is 4.79 Å². The number of carbonyl (C=O) groups excluding carboxylic acids is 1. The van der Waals surface area contributed by atoms with Crippen LogP contribution in [0, 0.1) is 0 Å². The van der Waals surface area contributed by atoms with Crippen LogP contribution in [0.15, 0.2) is 66.2 Å². The molecule has 0 aliphatic rings. The third kappa shape index (κ3) is 4.52. The van der Waals surface area contributed by atoms with Gasteiger partial charge in [0.25, 0.3) is 0 Å². The Balaban J connectivity index is 1.55.